The van der Waals surface area contributed by atoms with E-state index in [4.69, 9.17) is 9.47 Å². The van der Waals surface area contributed by atoms with Crippen molar-refractivity contribution < 1.29 is 24.2 Å². The van der Waals surface area contributed by atoms with Crippen molar-refractivity contribution in [2.24, 2.45) is 11.8 Å². The van der Waals surface area contributed by atoms with Gasteiger partial charge in [0.15, 0.2) is 0 Å². The van der Waals surface area contributed by atoms with E-state index < -0.39 is 6.10 Å². The molecule has 4 unspecified atom stereocenters. The molecule has 0 aliphatic carbocycles. The van der Waals surface area contributed by atoms with Crippen LogP contribution in [0.15, 0.2) is 0 Å². The van der Waals surface area contributed by atoms with Crippen molar-refractivity contribution in [2.45, 2.75) is 239 Å². The number of rotatable bonds is 43. The van der Waals surface area contributed by atoms with Crippen molar-refractivity contribution in [3.8, 4) is 0 Å². The van der Waals surface area contributed by atoms with Gasteiger partial charge >= 0.3 is 11.9 Å². The molecule has 0 amide bonds. The zero-order chi connectivity index (χ0) is 42.3. The van der Waals surface area contributed by atoms with Gasteiger partial charge in [-0.3, -0.25) is 9.59 Å². The second-order valence-electron chi connectivity index (χ2n) is 18.1. The number of ether oxygens (including phenoxy) is 2. The van der Waals surface area contributed by atoms with Crippen molar-refractivity contribution in [2.75, 3.05) is 57.9 Å². The Morgan fingerprint density at radius 1 is 0.690 bits per heavy atom. The molecule has 7 nitrogen and oxygen atoms in total. The van der Waals surface area contributed by atoms with Gasteiger partial charge < -0.3 is 24.4 Å². The third kappa shape index (κ3) is 32.0. The molecule has 0 aromatic carbocycles. The molecule has 1 heterocycles. The molecule has 0 bridgehead atoms. The van der Waals surface area contributed by atoms with Crippen LogP contribution in [0.4, 0.5) is 0 Å². The van der Waals surface area contributed by atoms with Crippen LogP contribution in [0.25, 0.3) is 0 Å². The summed E-state index contributed by atoms with van der Waals surface area (Å²) in [5, 5.41) is 11.1. The number of aliphatic hydroxyl groups excluding tert-OH is 1. The summed E-state index contributed by atoms with van der Waals surface area (Å²) >= 11 is 1.70. The van der Waals surface area contributed by atoms with E-state index in [0.29, 0.717) is 43.9 Å². The highest BCUT2D eigenvalue weighted by Crippen LogP contribution is 2.23. The molecule has 0 radical (unpaired) electrons. The highest BCUT2D eigenvalue weighted by atomic mass is 32.2. The van der Waals surface area contributed by atoms with Crippen LogP contribution in [0, 0.1) is 11.8 Å². The first-order chi connectivity index (χ1) is 28.3. The van der Waals surface area contributed by atoms with Crippen molar-refractivity contribution in [3.05, 3.63) is 0 Å². The van der Waals surface area contributed by atoms with Gasteiger partial charge in [0.25, 0.3) is 0 Å². The Balaban J connectivity index is 2.46. The predicted octanol–water partition coefficient (Wildman–Crippen LogP) is 13.2. The molecule has 0 spiro atoms. The minimum Gasteiger partial charge on any atom is -0.465 e. The Bertz CT molecular complexity index is 924. The maximum Gasteiger partial charge on any atom is 0.308 e. The zero-order valence-electron chi connectivity index (χ0n) is 39.3. The number of carbonyl (C=O) groups is 2. The summed E-state index contributed by atoms with van der Waals surface area (Å²) in [5.41, 5.74) is 0. The summed E-state index contributed by atoms with van der Waals surface area (Å²) in [6.45, 7) is 13.8. The number of aliphatic hydroxyl groups is 1. The highest BCUT2D eigenvalue weighted by molar-refractivity contribution is 7.99. The Kier molecular flexibility index (Phi) is 38.3. The maximum atomic E-state index is 13.1. The van der Waals surface area contributed by atoms with Gasteiger partial charge in [0.2, 0.25) is 0 Å². The average Bonchev–Trinajstić information content (AvgIpc) is 3.64. The van der Waals surface area contributed by atoms with Gasteiger partial charge in [0.1, 0.15) is 6.61 Å². The number of hydrogen-bond donors (Lipinski definition) is 1. The molecule has 344 valence electrons. The van der Waals surface area contributed by atoms with Crippen LogP contribution in [-0.4, -0.2) is 96.9 Å². The second-order valence-corrected chi connectivity index (χ2v) is 19.3. The maximum absolute atomic E-state index is 13.1. The first-order valence-electron chi connectivity index (χ1n) is 25.3. The van der Waals surface area contributed by atoms with Gasteiger partial charge in [-0.25, -0.2) is 0 Å². The Morgan fingerprint density at radius 2 is 1.22 bits per heavy atom. The second kappa shape index (κ2) is 40.3. The third-order valence-electron chi connectivity index (χ3n) is 12.6. The summed E-state index contributed by atoms with van der Waals surface area (Å²) in [6.07, 6.45) is 36.2. The van der Waals surface area contributed by atoms with E-state index in [1.807, 2.05) is 0 Å². The standard InChI is InChI=1S/C50H98N2O5S/c1-6-10-14-18-20-24-31-45(30-23-16-12-8-3)43-57-49(54)35-27-22-28-38-52(39-36-47-34-29-37-51(47)5)42-48(53)44-58-41-40-56-50(55)46(32-25-17-13-9-4)33-26-21-19-15-11-7-2/h45-48,53H,6-44H2,1-5H3. The lowest BCUT2D eigenvalue weighted by molar-refractivity contribution is -0.148. The molecular formula is C50H98N2O5S. The minimum atomic E-state index is -0.415. The molecule has 1 saturated heterocycles. The molecule has 0 aromatic rings. The van der Waals surface area contributed by atoms with Crippen LogP contribution in [0.1, 0.15) is 227 Å². The summed E-state index contributed by atoms with van der Waals surface area (Å²) in [5.74, 6) is 1.89. The lowest BCUT2D eigenvalue weighted by atomic mass is 9.94. The normalized spacial score (nSPS) is 16.2. The van der Waals surface area contributed by atoms with Crippen LogP contribution >= 0.6 is 11.8 Å². The van der Waals surface area contributed by atoms with Crippen LogP contribution in [0.3, 0.4) is 0 Å². The first-order valence-corrected chi connectivity index (χ1v) is 26.5. The molecule has 1 rings (SSSR count). The summed E-state index contributed by atoms with van der Waals surface area (Å²) < 4.78 is 11.7. The number of unbranched alkanes of at least 4 members (excludes halogenated alkanes) is 18. The lowest BCUT2D eigenvalue weighted by Gasteiger charge is -2.28. The van der Waals surface area contributed by atoms with Gasteiger partial charge in [-0.2, -0.15) is 11.8 Å². The summed E-state index contributed by atoms with van der Waals surface area (Å²) in [7, 11) is 2.24. The van der Waals surface area contributed by atoms with Crippen LogP contribution in [-0.2, 0) is 19.1 Å². The van der Waals surface area contributed by atoms with Gasteiger partial charge in [-0.1, -0.05) is 163 Å². The smallest absolute Gasteiger partial charge is 0.308 e. The van der Waals surface area contributed by atoms with Gasteiger partial charge in [0.05, 0.1) is 18.6 Å². The zero-order valence-corrected chi connectivity index (χ0v) is 40.1. The molecule has 1 aliphatic rings. The van der Waals surface area contributed by atoms with E-state index >= 15 is 0 Å². The van der Waals surface area contributed by atoms with Crippen molar-refractivity contribution >= 4 is 23.7 Å². The van der Waals surface area contributed by atoms with Gasteiger partial charge in [-0.15, -0.1) is 0 Å². The fourth-order valence-corrected chi connectivity index (χ4v) is 9.42. The van der Waals surface area contributed by atoms with Crippen LogP contribution in [0.2, 0.25) is 0 Å². The quantitative estimate of drug-likeness (QED) is 0.0480. The number of likely N-dealkylation sites (tertiary alicyclic amines) is 1. The van der Waals surface area contributed by atoms with Crippen molar-refractivity contribution in [3.63, 3.8) is 0 Å². The Hall–Kier alpha value is -0.830. The topological polar surface area (TPSA) is 79.3 Å². The fraction of sp³-hybridized carbons (Fsp3) is 0.960. The van der Waals surface area contributed by atoms with Crippen LogP contribution < -0.4 is 0 Å². The van der Waals surface area contributed by atoms with Crippen LogP contribution in [0.5, 0.6) is 0 Å². The SMILES string of the molecule is CCCCCCCCC(CCCCCC)COC(=O)CCCCCN(CCC1CCCN1C)CC(O)CSCCOC(=O)C(CCCCCC)CCCCCCCC. The van der Waals surface area contributed by atoms with E-state index in [9.17, 15) is 14.7 Å². The Labute approximate surface area is 365 Å². The predicted molar refractivity (Wildman–Crippen MR) is 251 cm³/mol. The van der Waals surface area contributed by atoms with E-state index in [0.717, 1.165) is 70.2 Å². The monoisotopic (exact) mass is 839 g/mol. The van der Waals surface area contributed by atoms with Gasteiger partial charge in [0, 0.05) is 30.5 Å². The van der Waals surface area contributed by atoms with E-state index in [-0.39, 0.29) is 17.9 Å². The molecular weight excluding hydrogens is 741 g/mol. The average molecular weight is 839 g/mol. The minimum absolute atomic E-state index is 0.00646. The molecule has 0 saturated carbocycles. The first kappa shape index (κ1) is 55.2. The number of carbonyl (C=O) groups excluding carboxylic acids is 2. The third-order valence-corrected chi connectivity index (χ3v) is 13.7. The largest absolute Gasteiger partial charge is 0.465 e. The summed E-state index contributed by atoms with van der Waals surface area (Å²) in [4.78, 5) is 30.8. The number of nitrogens with zero attached hydrogens (tertiary/aromatic N) is 2. The Morgan fingerprint density at radius 3 is 1.79 bits per heavy atom. The fourth-order valence-electron chi connectivity index (χ4n) is 8.68. The molecule has 1 N–H and O–H groups in total. The molecule has 58 heavy (non-hydrogen) atoms. The molecule has 8 heteroatoms. The van der Waals surface area contributed by atoms with E-state index in [1.54, 1.807) is 11.8 Å². The molecule has 4 atom stereocenters. The molecule has 1 aliphatic heterocycles. The summed E-state index contributed by atoms with van der Waals surface area (Å²) in [6, 6.07) is 0.631. The molecule has 1 fully saturated rings. The molecule has 0 aromatic heterocycles. The highest BCUT2D eigenvalue weighted by Gasteiger charge is 2.23. The van der Waals surface area contributed by atoms with E-state index in [2.05, 4.69) is 44.5 Å². The van der Waals surface area contributed by atoms with Gasteiger partial charge in [-0.05, 0) is 90.4 Å². The number of esters is 2. The number of hydrogen-bond acceptors (Lipinski definition) is 8. The lowest BCUT2D eigenvalue weighted by Crippen LogP contribution is -2.38. The number of thioether (sulfide) groups is 1. The van der Waals surface area contributed by atoms with Crippen molar-refractivity contribution in [1.82, 2.24) is 9.80 Å². The van der Waals surface area contributed by atoms with Crippen molar-refractivity contribution in [1.29, 1.82) is 0 Å². The van der Waals surface area contributed by atoms with E-state index in [1.165, 1.54) is 148 Å².